The molecule has 27 heavy (non-hydrogen) atoms. The molecule has 0 radical (unpaired) electrons. The number of sulfonamides is 1. The van der Waals surface area contributed by atoms with E-state index in [2.05, 4.69) is 15.0 Å². The third-order valence-corrected chi connectivity index (χ3v) is 6.21. The maximum atomic E-state index is 12.7. The summed E-state index contributed by atoms with van der Waals surface area (Å²) in [5.41, 5.74) is 0.553. The third-order valence-electron chi connectivity index (χ3n) is 3.87. The lowest BCUT2D eigenvalue weighted by Gasteiger charge is -2.32. The fraction of sp³-hybridized carbons (Fsp3) is 0.333. The van der Waals surface area contributed by atoms with E-state index in [-0.39, 0.29) is 21.0 Å². The Kier molecular flexibility index (Phi) is 5.58. The fourth-order valence-electron chi connectivity index (χ4n) is 2.68. The van der Waals surface area contributed by atoms with Crippen molar-refractivity contribution in [3.05, 3.63) is 30.5 Å². The topological polar surface area (TPSA) is 115 Å². The van der Waals surface area contributed by atoms with E-state index in [1.165, 1.54) is 29.2 Å². The lowest BCUT2D eigenvalue weighted by molar-refractivity contribution is -0.120. The van der Waals surface area contributed by atoms with Gasteiger partial charge in [0.15, 0.2) is 9.34 Å². The minimum absolute atomic E-state index is 0.00573. The highest BCUT2D eigenvalue weighted by atomic mass is 32.2. The molecule has 0 saturated carbocycles. The number of ether oxygens (including phenoxy) is 1. The van der Waals surface area contributed by atoms with E-state index in [1.807, 2.05) is 0 Å². The molecule has 1 saturated heterocycles. The van der Waals surface area contributed by atoms with Crippen LogP contribution in [0, 0.1) is 0 Å². The summed E-state index contributed by atoms with van der Waals surface area (Å²) in [5, 5.41) is 8.26. The van der Waals surface area contributed by atoms with Crippen LogP contribution in [0.1, 0.15) is 12.8 Å². The van der Waals surface area contributed by atoms with Crippen molar-refractivity contribution in [1.29, 1.82) is 0 Å². The number of hydrogen-bond donors (Lipinski definition) is 2. The van der Waals surface area contributed by atoms with E-state index in [0.717, 1.165) is 17.5 Å². The maximum Gasteiger partial charge on any atom is 0.387 e. The van der Waals surface area contributed by atoms with Gasteiger partial charge in [-0.3, -0.25) is 4.79 Å². The summed E-state index contributed by atoms with van der Waals surface area (Å²) in [6.07, 6.45) is 2.38. The van der Waals surface area contributed by atoms with Gasteiger partial charge < -0.3 is 15.0 Å². The molecule has 0 spiro atoms. The first-order valence-corrected chi connectivity index (χ1v) is 10.2. The molecule has 3 N–H and O–H groups in total. The summed E-state index contributed by atoms with van der Waals surface area (Å²) in [7, 11) is -3.85. The van der Waals surface area contributed by atoms with E-state index in [1.54, 1.807) is 0 Å². The zero-order chi connectivity index (χ0) is 19.6. The Morgan fingerprint density at radius 1 is 1.33 bits per heavy atom. The number of hydrogen-bond acceptors (Lipinski definition) is 7. The number of carbonyl (C=O) groups excluding carboxylic acids is 1. The maximum absolute atomic E-state index is 12.7. The summed E-state index contributed by atoms with van der Waals surface area (Å²) < 4.78 is 51.3. The molecular formula is C15H16F2N4O4S2. The molecule has 1 aliphatic rings. The normalized spacial score (nSPS) is 18.0. The number of primary sulfonamides is 1. The minimum atomic E-state index is -3.85. The standard InChI is InChI=1S/C15H16F2N4O4S2/c16-14(17)25-10-5-3-9(4-6-10)21-7-1-2-11(13(21)22)20-15-19-8-12(26-15)27(18,23)24/h3-6,8,11,14H,1-2,7H2,(H,19,20)(H2,18,23,24)/t11-/m0/s1. The molecule has 1 aromatic heterocycles. The van der Waals surface area contributed by atoms with Crippen LogP contribution < -0.4 is 20.1 Å². The second-order valence-electron chi connectivity index (χ2n) is 5.73. The van der Waals surface area contributed by atoms with Gasteiger partial charge in [-0.15, -0.1) is 0 Å². The Hall–Kier alpha value is -2.31. The molecule has 1 aromatic carbocycles. The van der Waals surface area contributed by atoms with Crippen LogP contribution >= 0.6 is 11.3 Å². The van der Waals surface area contributed by atoms with E-state index in [0.29, 0.717) is 25.1 Å². The van der Waals surface area contributed by atoms with Gasteiger partial charge in [0, 0.05) is 12.2 Å². The van der Waals surface area contributed by atoms with E-state index >= 15 is 0 Å². The van der Waals surface area contributed by atoms with E-state index in [4.69, 9.17) is 5.14 Å². The first-order valence-electron chi connectivity index (χ1n) is 7.85. The zero-order valence-corrected chi connectivity index (χ0v) is 15.5. The zero-order valence-electron chi connectivity index (χ0n) is 13.8. The van der Waals surface area contributed by atoms with Crippen LogP contribution in [0.5, 0.6) is 5.75 Å². The molecule has 2 heterocycles. The molecule has 3 rings (SSSR count). The minimum Gasteiger partial charge on any atom is -0.435 e. The summed E-state index contributed by atoms with van der Waals surface area (Å²) in [5.74, 6) is -0.220. The number of nitrogens with two attached hydrogens (primary N) is 1. The van der Waals surface area contributed by atoms with Gasteiger partial charge in [-0.1, -0.05) is 11.3 Å². The van der Waals surface area contributed by atoms with Crippen LogP contribution in [0.25, 0.3) is 0 Å². The third kappa shape index (κ3) is 4.70. The number of piperidine rings is 1. The van der Waals surface area contributed by atoms with Gasteiger partial charge in [0.05, 0.1) is 6.20 Å². The molecule has 1 amide bonds. The average Bonchev–Trinajstić information content (AvgIpc) is 3.06. The van der Waals surface area contributed by atoms with Crippen LogP contribution in [0.4, 0.5) is 19.6 Å². The molecule has 12 heteroatoms. The van der Waals surface area contributed by atoms with E-state index in [9.17, 15) is 22.0 Å². The molecule has 2 aromatic rings. The lowest BCUT2D eigenvalue weighted by Crippen LogP contribution is -2.47. The Bertz CT molecular complexity index is 918. The molecule has 8 nitrogen and oxygen atoms in total. The van der Waals surface area contributed by atoms with Gasteiger partial charge in [-0.25, -0.2) is 18.5 Å². The molecule has 0 aliphatic carbocycles. The van der Waals surface area contributed by atoms with Crippen LogP contribution in [-0.2, 0) is 14.8 Å². The Balaban J connectivity index is 1.71. The lowest BCUT2D eigenvalue weighted by atomic mass is 10.0. The highest BCUT2D eigenvalue weighted by Crippen LogP contribution is 2.27. The van der Waals surface area contributed by atoms with E-state index < -0.39 is 22.7 Å². The number of nitrogens with one attached hydrogen (secondary N) is 1. The number of amides is 1. The predicted molar refractivity (Wildman–Crippen MR) is 95.6 cm³/mol. The molecule has 146 valence electrons. The largest absolute Gasteiger partial charge is 0.435 e. The summed E-state index contributed by atoms with van der Waals surface area (Å²) in [4.78, 5) is 18.2. The van der Waals surface area contributed by atoms with Gasteiger partial charge in [0.1, 0.15) is 11.8 Å². The molecule has 1 fully saturated rings. The van der Waals surface area contributed by atoms with Gasteiger partial charge in [-0.2, -0.15) is 8.78 Å². The van der Waals surface area contributed by atoms with Crippen molar-refractivity contribution in [1.82, 2.24) is 4.98 Å². The van der Waals surface area contributed by atoms with Crippen molar-refractivity contribution < 1.29 is 26.7 Å². The van der Waals surface area contributed by atoms with Crippen molar-refractivity contribution in [2.24, 2.45) is 5.14 Å². The highest BCUT2D eigenvalue weighted by Gasteiger charge is 2.30. The van der Waals surface area contributed by atoms with Crippen molar-refractivity contribution in [2.45, 2.75) is 29.7 Å². The molecular weight excluding hydrogens is 402 g/mol. The summed E-state index contributed by atoms with van der Waals surface area (Å²) in [6.45, 7) is -2.44. The second-order valence-corrected chi connectivity index (χ2v) is 8.55. The summed E-state index contributed by atoms with van der Waals surface area (Å²) >= 11 is 0.847. The molecule has 1 atom stereocenters. The van der Waals surface area contributed by atoms with Gasteiger partial charge in [-0.05, 0) is 37.1 Å². The van der Waals surface area contributed by atoms with Crippen LogP contribution in [0.15, 0.2) is 34.7 Å². The second kappa shape index (κ2) is 7.74. The fourth-order valence-corrected chi connectivity index (χ4v) is 4.18. The first kappa shape index (κ1) is 19.5. The number of anilines is 2. The molecule has 0 bridgehead atoms. The first-order chi connectivity index (χ1) is 12.7. The van der Waals surface area contributed by atoms with Crippen molar-refractivity contribution >= 4 is 38.1 Å². The highest BCUT2D eigenvalue weighted by molar-refractivity contribution is 7.91. The van der Waals surface area contributed by atoms with Crippen LogP contribution in [-0.4, -0.2) is 38.5 Å². The molecule has 0 unspecified atom stereocenters. The van der Waals surface area contributed by atoms with Crippen molar-refractivity contribution in [3.63, 3.8) is 0 Å². The number of rotatable bonds is 6. The van der Waals surface area contributed by atoms with Crippen molar-refractivity contribution in [3.8, 4) is 5.75 Å². The SMILES string of the molecule is NS(=O)(=O)c1cnc(N[C@H]2CCCN(c3ccc(OC(F)F)cc3)C2=O)s1. The smallest absolute Gasteiger partial charge is 0.387 e. The van der Waals surface area contributed by atoms with Gasteiger partial charge in [0.25, 0.3) is 0 Å². The van der Waals surface area contributed by atoms with Crippen molar-refractivity contribution in [2.75, 3.05) is 16.8 Å². The number of aromatic nitrogens is 1. The monoisotopic (exact) mass is 418 g/mol. The number of benzene rings is 1. The Morgan fingerprint density at radius 3 is 2.63 bits per heavy atom. The predicted octanol–water partition coefficient (Wildman–Crippen LogP) is 2.00. The number of carbonyl (C=O) groups is 1. The van der Waals surface area contributed by atoms with Crippen LogP contribution in [0.2, 0.25) is 0 Å². The summed E-state index contributed by atoms with van der Waals surface area (Å²) in [6, 6.07) is 5.20. The van der Waals surface area contributed by atoms with Gasteiger partial charge >= 0.3 is 6.61 Å². The number of alkyl halides is 2. The van der Waals surface area contributed by atoms with Crippen LogP contribution in [0.3, 0.4) is 0 Å². The van der Waals surface area contributed by atoms with Gasteiger partial charge in [0.2, 0.25) is 15.9 Å². The average molecular weight is 418 g/mol. The quantitative estimate of drug-likeness (QED) is 0.742. The Morgan fingerprint density at radius 2 is 2.04 bits per heavy atom. The number of thiazole rings is 1. The Labute approximate surface area is 158 Å². The molecule has 1 aliphatic heterocycles. The number of nitrogens with zero attached hydrogens (tertiary/aromatic N) is 2. The number of halogens is 2.